The predicted octanol–water partition coefficient (Wildman–Crippen LogP) is 1.04. The average molecular weight is 196 g/mol. The largest absolute Gasteiger partial charge is 0.497 e. The first kappa shape index (κ1) is 11.5. The lowest BCUT2D eigenvalue weighted by Crippen LogP contribution is -1.94. The summed E-state index contributed by atoms with van der Waals surface area (Å²) in [4.78, 5) is 17.3. The van der Waals surface area contributed by atoms with E-state index in [1.165, 1.54) is 0 Å². The highest BCUT2D eigenvalue weighted by Gasteiger charge is 2.22. The van der Waals surface area contributed by atoms with Gasteiger partial charge in [0.1, 0.15) is 6.26 Å². The zero-order valence-electron chi connectivity index (χ0n) is 7.06. The Kier molecular flexibility index (Phi) is 4.97. The third-order valence-corrected chi connectivity index (χ3v) is 1.74. The first-order valence-electron chi connectivity index (χ1n) is 3.53. The first-order chi connectivity index (χ1) is 5.52. The molecule has 12 heavy (non-hydrogen) atoms. The van der Waals surface area contributed by atoms with E-state index >= 15 is 0 Å². The van der Waals surface area contributed by atoms with Crippen molar-refractivity contribution in [2.75, 3.05) is 13.2 Å². The Morgan fingerprint density at radius 3 is 2.33 bits per heavy atom. The van der Waals surface area contributed by atoms with Crippen molar-refractivity contribution in [2.24, 2.45) is 0 Å². The zero-order valence-corrected chi connectivity index (χ0v) is 7.95. The molecule has 0 aromatic carbocycles. The normalized spacial score (nSPS) is 12.8. The Balaban J connectivity index is 4.33. The van der Waals surface area contributed by atoms with Gasteiger partial charge in [0, 0.05) is 0 Å². The summed E-state index contributed by atoms with van der Waals surface area (Å²) in [7, 11) is -4.31. The minimum atomic E-state index is -4.31. The molecule has 0 aromatic rings. The summed E-state index contributed by atoms with van der Waals surface area (Å²) in [6.07, 6.45) is 0.949. The fourth-order valence-corrected chi connectivity index (χ4v) is 0.998. The van der Waals surface area contributed by atoms with Gasteiger partial charge in [-0.15, -0.1) is 0 Å². The van der Waals surface area contributed by atoms with Crippen molar-refractivity contribution in [2.45, 2.75) is 13.8 Å². The summed E-state index contributed by atoms with van der Waals surface area (Å²) >= 11 is 0. The molecule has 5 nitrogen and oxygen atoms in total. The van der Waals surface area contributed by atoms with Gasteiger partial charge in [0.25, 0.3) is 0 Å². The van der Waals surface area contributed by atoms with Crippen LogP contribution < -0.4 is 0 Å². The highest BCUT2D eigenvalue weighted by molar-refractivity contribution is 7.56. The van der Waals surface area contributed by atoms with Crippen molar-refractivity contribution in [3.05, 3.63) is 11.8 Å². The van der Waals surface area contributed by atoms with Crippen LogP contribution in [0, 0.1) is 0 Å². The molecule has 0 saturated heterocycles. The fraction of sp³-hybridized carbons (Fsp3) is 0.667. The van der Waals surface area contributed by atoms with Crippen LogP contribution in [-0.2, 0) is 14.0 Å². The maximum absolute atomic E-state index is 10.6. The Bertz CT molecular complexity index is 194. The van der Waals surface area contributed by atoms with Gasteiger partial charge in [-0.2, -0.15) is 0 Å². The molecule has 72 valence electrons. The molecule has 6 heteroatoms. The maximum atomic E-state index is 10.6. The molecule has 0 fully saturated rings. The smallest absolute Gasteiger partial charge is 0.393 e. The van der Waals surface area contributed by atoms with Crippen LogP contribution in [0.2, 0.25) is 0 Å². The molecular formula is C6H13O5P. The lowest BCUT2D eigenvalue weighted by Gasteiger charge is -2.09. The fourth-order valence-electron chi connectivity index (χ4n) is 0.489. The van der Waals surface area contributed by atoms with E-state index in [0.717, 1.165) is 6.26 Å². The van der Waals surface area contributed by atoms with Gasteiger partial charge in [-0.25, -0.2) is 0 Å². The topological polar surface area (TPSA) is 76.0 Å². The second-order valence-corrected chi connectivity index (χ2v) is 3.42. The van der Waals surface area contributed by atoms with Crippen molar-refractivity contribution < 1.29 is 23.8 Å². The van der Waals surface area contributed by atoms with Crippen LogP contribution >= 0.6 is 7.60 Å². The van der Waals surface area contributed by atoms with Crippen LogP contribution in [0.1, 0.15) is 13.8 Å². The quantitative estimate of drug-likeness (QED) is 0.507. The Hall–Kier alpha value is -0.510. The minimum Gasteiger partial charge on any atom is -0.497 e. The van der Waals surface area contributed by atoms with Crippen LogP contribution in [-0.4, -0.2) is 23.0 Å². The van der Waals surface area contributed by atoms with E-state index in [-0.39, 0.29) is 6.61 Å². The molecule has 0 atom stereocenters. The third-order valence-electron chi connectivity index (χ3n) is 0.930. The number of hydrogen-bond acceptors (Lipinski definition) is 3. The summed E-state index contributed by atoms with van der Waals surface area (Å²) in [5, 5.41) is 0. The van der Waals surface area contributed by atoms with Gasteiger partial charge >= 0.3 is 7.60 Å². The van der Waals surface area contributed by atoms with Gasteiger partial charge in [0.05, 0.1) is 13.2 Å². The molecule has 0 radical (unpaired) electrons. The van der Waals surface area contributed by atoms with Crippen molar-refractivity contribution in [3.63, 3.8) is 0 Å². The summed E-state index contributed by atoms with van der Waals surface area (Å²) in [5.41, 5.74) is -0.424. The molecule has 0 aromatic heterocycles. The summed E-state index contributed by atoms with van der Waals surface area (Å²) < 4.78 is 20.0. The summed E-state index contributed by atoms with van der Waals surface area (Å²) in [5.74, 6) is 0. The SMILES string of the molecule is CCOC=C(OCC)P(=O)(O)O. The van der Waals surface area contributed by atoms with E-state index in [0.29, 0.717) is 6.61 Å². The lowest BCUT2D eigenvalue weighted by molar-refractivity contribution is 0.196. The molecule has 0 bridgehead atoms. The second kappa shape index (κ2) is 5.19. The van der Waals surface area contributed by atoms with E-state index in [2.05, 4.69) is 4.74 Å². The maximum Gasteiger partial charge on any atom is 0.393 e. The summed E-state index contributed by atoms with van der Waals surface area (Å²) in [6, 6.07) is 0. The highest BCUT2D eigenvalue weighted by atomic mass is 31.2. The second-order valence-electron chi connectivity index (χ2n) is 1.89. The molecule has 0 aliphatic heterocycles. The van der Waals surface area contributed by atoms with Gasteiger partial charge < -0.3 is 19.3 Å². The van der Waals surface area contributed by atoms with E-state index < -0.39 is 13.1 Å². The Morgan fingerprint density at radius 1 is 1.42 bits per heavy atom. The van der Waals surface area contributed by atoms with Gasteiger partial charge in [-0.3, -0.25) is 4.57 Å². The monoisotopic (exact) mass is 196 g/mol. The Morgan fingerprint density at radius 2 is 2.00 bits per heavy atom. The van der Waals surface area contributed by atoms with Crippen molar-refractivity contribution in [1.82, 2.24) is 0 Å². The Labute approximate surface area is 71.2 Å². The molecule has 0 aliphatic rings. The molecule has 0 aliphatic carbocycles. The molecule has 0 unspecified atom stereocenters. The average Bonchev–Trinajstić information content (AvgIpc) is 1.95. The summed E-state index contributed by atoms with van der Waals surface area (Å²) in [6.45, 7) is 3.88. The predicted molar refractivity (Wildman–Crippen MR) is 43.4 cm³/mol. The minimum absolute atomic E-state index is 0.198. The van der Waals surface area contributed by atoms with E-state index in [9.17, 15) is 4.57 Å². The van der Waals surface area contributed by atoms with Crippen LogP contribution in [0.5, 0.6) is 0 Å². The molecule has 0 amide bonds. The van der Waals surface area contributed by atoms with Gasteiger partial charge in [-0.1, -0.05) is 0 Å². The van der Waals surface area contributed by atoms with Crippen LogP contribution in [0.15, 0.2) is 11.8 Å². The molecule has 0 rings (SSSR count). The number of hydrogen-bond donors (Lipinski definition) is 2. The van der Waals surface area contributed by atoms with Crippen LogP contribution in [0.25, 0.3) is 0 Å². The lowest BCUT2D eigenvalue weighted by atomic mass is 10.8. The highest BCUT2D eigenvalue weighted by Crippen LogP contribution is 2.45. The standard InChI is InChI=1S/C6H13O5P/c1-3-10-5-6(11-4-2)12(7,8)9/h5H,3-4H2,1-2H3,(H2,7,8,9). The number of rotatable bonds is 5. The zero-order chi connectivity index (χ0) is 9.61. The van der Waals surface area contributed by atoms with Gasteiger partial charge in [-0.05, 0) is 13.8 Å². The van der Waals surface area contributed by atoms with Crippen molar-refractivity contribution in [3.8, 4) is 0 Å². The van der Waals surface area contributed by atoms with Crippen LogP contribution in [0.4, 0.5) is 0 Å². The molecule has 2 N–H and O–H groups in total. The molecule has 0 heterocycles. The van der Waals surface area contributed by atoms with Crippen molar-refractivity contribution >= 4 is 7.60 Å². The van der Waals surface area contributed by atoms with E-state index in [4.69, 9.17) is 14.5 Å². The van der Waals surface area contributed by atoms with Gasteiger partial charge in [0.15, 0.2) is 0 Å². The molecular weight excluding hydrogens is 183 g/mol. The molecule has 0 saturated carbocycles. The van der Waals surface area contributed by atoms with Gasteiger partial charge in [0.2, 0.25) is 5.50 Å². The molecule has 0 spiro atoms. The van der Waals surface area contributed by atoms with Crippen LogP contribution in [0.3, 0.4) is 0 Å². The van der Waals surface area contributed by atoms with E-state index in [1.807, 2.05) is 0 Å². The third kappa shape index (κ3) is 4.38. The first-order valence-corrected chi connectivity index (χ1v) is 5.14. The van der Waals surface area contributed by atoms with E-state index in [1.54, 1.807) is 13.8 Å². The number of ether oxygens (including phenoxy) is 2. The van der Waals surface area contributed by atoms with Crippen molar-refractivity contribution in [1.29, 1.82) is 0 Å².